The summed E-state index contributed by atoms with van der Waals surface area (Å²) in [6.45, 7) is 4.23. The number of amides is 2. The summed E-state index contributed by atoms with van der Waals surface area (Å²) in [6, 6.07) is 15.1. The largest absolute Gasteiger partial charge is 0.460 e. The molecule has 28 heavy (non-hydrogen) atoms. The number of rotatable bonds is 6. The van der Waals surface area contributed by atoms with Crippen molar-refractivity contribution in [2.24, 2.45) is 5.92 Å². The molecule has 6 nitrogen and oxygen atoms in total. The Morgan fingerprint density at radius 1 is 1.11 bits per heavy atom. The molecule has 1 aliphatic rings. The number of carbonyl (C=O) groups is 3. The minimum Gasteiger partial charge on any atom is -0.460 e. The lowest BCUT2D eigenvalue weighted by Crippen LogP contribution is -2.36. The van der Waals surface area contributed by atoms with E-state index in [2.05, 4.69) is 5.32 Å². The number of anilines is 1. The third kappa shape index (κ3) is 4.57. The number of ether oxygens (including phenoxy) is 1. The van der Waals surface area contributed by atoms with Crippen molar-refractivity contribution in [2.45, 2.75) is 26.9 Å². The summed E-state index contributed by atoms with van der Waals surface area (Å²) in [7, 11) is 0. The predicted octanol–water partition coefficient (Wildman–Crippen LogP) is 2.52. The van der Waals surface area contributed by atoms with Crippen LogP contribution in [0.25, 0.3) is 0 Å². The van der Waals surface area contributed by atoms with Crippen LogP contribution in [0.4, 0.5) is 5.69 Å². The first-order valence-electron chi connectivity index (χ1n) is 9.29. The molecule has 0 bridgehead atoms. The first-order valence-corrected chi connectivity index (χ1v) is 9.29. The summed E-state index contributed by atoms with van der Waals surface area (Å²) in [6.07, 6.45) is 0.137. The van der Waals surface area contributed by atoms with E-state index in [9.17, 15) is 14.4 Å². The maximum Gasteiger partial charge on any atom is 0.325 e. The molecule has 2 aromatic carbocycles. The number of nitrogens with one attached hydrogen (secondary N) is 1. The Labute approximate surface area is 164 Å². The second kappa shape index (κ2) is 8.69. The molecular formula is C22H24N2O4. The van der Waals surface area contributed by atoms with Crippen molar-refractivity contribution in [1.29, 1.82) is 0 Å². The van der Waals surface area contributed by atoms with Gasteiger partial charge in [0.2, 0.25) is 11.8 Å². The van der Waals surface area contributed by atoms with Crippen molar-refractivity contribution in [3.8, 4) is 0 Å². The third-order valence-electron chi connectivity index (χ3n) is 5.01. The van der Waals surface area contributed by atoms with Crippen LogP contribution in [-0.4, -0.2) is 30.9 Å². The fraction of sp³-hybridized carbons (Fsp3) is 0.318. The van der Waals surface area contributed by atoms with Gasteiger partial charge in [-0.05, 0) is 36.6 Å². The number of carbonyl (C=O) groups excluding carboxylic acids is 3. The topological polar surface area (TPSA) is 75.7 Å². The van der Waals surface area contributed by atoms with Crippen molar-refractivity contribution < 1.29 is 19.1 Å². The standard InChI is InChI=1S/C22H24N2O4/c1-15-7-6-10-19(16(15)2)24-13-18(11-20(24)25)22(27)23-12-21(26)28-14-17-8-4-3-5-9-17/h3-10,18H,11-14H2,1-2H3,(H,23,27). The van der Waals surface area contributed by atoms with Crippen LogP contribution < -0.4 is 10.2 Å². The van der Waals surface area contributed by atoms with Gasteiger partial charge in [-0.2, -0.15) is 0 Å². The van der Waals surface area contributed by atoms with Gasteiger partial charge in [-0.15, -0.1) is 0 Å². The molecule has 1 heterocycles. The van der Waals surface area contributed by atoms with Gasteiger partial charge in [0.1, 0.15) is 13.2 Å². The first-order chi connectivity index (χ1) is 13.5. The van der Waals surface area contributed by atoms with Gasteiger partial charge in [0, 0.05) is 18.7 Å². The lowest BCUT2D eigenvalue weighted by Gasteiger charge is -2.20. The van der Waals surface area contributed by atoms with E-state index in [0.29, 0.717) is 6.54 Å². The van der Waals surface area contributed by atoms with Crippen molar-refractivity contribution >= 4 is 23.5 Å². The van der Waals surface area contributed by atoms with Gasteiger partial charge in [-0.25, -0.2) is 0 Å². The summed E-state index contributed by atoms with van der Waals surface area (Å²) in [5.74, 6) is -1.37. The number of hydrogen-bond acceptors (Lipinski definition) is 4. The zero-order valence-electron chi connectivity index (χ0n) is 16.1. The number of hydrogen-bond donors (Lipinski definition) is 1. The molecule has 2 aromatic rings. The average molecular weight is 380 g/mol. The minimum absolute atomic E-state index is 0.0829. The summed E-state index contributed by atoms with van der Waals surface area (Å²) < 4.78 is 5.15. The predicted molar refractivity (Wildman–Crippen MR) is 106 cm³/mol. The smallest absolute Gasteiger partial charge is 0.325 e. The molecule has 0 aliphatic carbocycles. The van der Waals surface area contributed by atoms with Crippen LogP contribution in [0.2, 0.25) is 0 Å². The number of benzene rings is 2. The minimum atomic E-state index is -0.507. The summed E-state index contributed by atoms with van der Waals surface area (Å²) in [5.41, 5.74) is 3.84. The SMILES string of the molecule is Cc1cccc(N2CC(C(=O)NCC(=O)OCc3ccccc3)CC2=O)c1C. The lowest BCUT2D eigenvalue weighted by molar-refractivity contribution is -0.145. The second-order valence-corrected chi connectivity index (χ2v) is 6.99. The quantitative estimate of drug-likeness (QED) is 0.782. The molecule has 0 saturated carbocycles. The Morgan fingerprint density at radius 2 is 1.86 bits per heavy atom. The van der Waals surface area contributed by atoms with Gasteiger partial charge in [0.15, 0.2) is 0 Å². The van der Waals surface area contributed by atoms with Gasteiger partial charge >= 0.3 is 5.97 Å². The number of nitrogens with zero attached hydrogens (tertiary/aromatic N) is 1. The monoisotopic (exact) mass is 380 g/mol. The maximum absolute atomic E-state index is 12.4. The van der Waals surface area contributed by atoms with E-state index in [1.807, 2.05) is 62.4 Å². The Kier molecular flexibility index (Phi) is 6.09. The molecule has 1 saturated heterocycles. The van der Waals surface area contributed by atoms with Crippen molar-refractivity contribution in [3.05, 3.63) is 65.2 Å². The summed E-state index contributed by atoms with van der Waals surface area (Å²) in [4.78, 5) is 38.3. The molecule has 0 aromatic heterocycles. The lowest BCUT2D eigenvalue weighted by atomic mass is 10.1. The molecule has 1 aliphatic heterocycles. The molecule has 1 N–H and O–H groups in total. The van der Waals surface area contributed by atoms with Crippen LogP contribution in [0.3, 0.4) is 0 Å². The Hall–Kier alpha value is -3.15. The fourth-order valence-corrected chi connectivity index (χ4v) is 3.24. The molecule has 0 radical (unpaired) electrons. The fourth-order valence-electron chi connectivity index (χ4n) is 3.24. The van der Waals surface area contributed by atoms with E-state index in [-0.39, 0.29) is 31.4 Å². The molecular weight excluding hydrogens is 356 g/mol. The maximum atomic E-state index is 12.4. The summed E-state index contributed by atoms with van der Waals surface area (Å²) >= 11 is 0. The van der Waals surface area contributed by atoms with Crippen LogP contribution in [0.1, 0.15) is 23.1 Å². The number of esters is 1. The van der Waals surface area contributed by atoms with Crippen LogP contribution in [0, 0.1) is 19.8 Å². The summed E-state index contributed by atoms with van der Waals surface area (Å²) in [5, 5.41) is 2.59. The zero-order chi connectivity index (χ0) is 20.1. The van der Waals surface area contributed by atoms with Crippen LogP contribution in [0.15, 0.2) is 48.5 Å². The van der Waals surface area contributed by atoms with Crippen molar-refractivity contribution in [2.75, 3.05) is 18.0 Å². The van der Waals surface area contributed by atoms with Crippen LogP contribution in [-0.2, 0) is 25.7 Å². The zero-order valence-corrected chi connectivity index (χ0v) is 16.1. The highest BCUT2D eigenvalue weighted by Gasteiger charge is 2.35. The molecule has 0 spiro atoms. The van der Waals surface area contributed by atoms with E-state index in [1.54, 1.807) is 4.90 Å². The van der Waals surface area contributed by atoms with Crippen molar-refractivity contribution in [3.63, 3.8) is 0 Å². The molecule has 146 valence electrons. The Bertz CT molecular complexity index is 879. The van der Waals surface area contributed by atoms with E-state index in [1.165, 1.54) is 0 Å². The molecule has 1 atom stereocenters. The average Bonchev–Trinajstić information content (AvgIpc) is 3.09. The molecule has 1 fully saturated rings. The molecule has 2 amide bonds. The third-order valence-corrected chi connectivity index (χ3v) is 5.01. The van der Waals surface area contributed by atoms with Gasteiger partial charge < -0.3 is 15.0 Å². The van der Waals surface area contributed by atoms with Crippen LogP contribution >= 0.6 is 0 Å². The van der Waals surface area contributed by atoms with Gasteiger partial charge in [0.05, 0.1) is 5.92 Å². The number of aryl methyl sites for hydroxylation is 1. The van der Waals surface area contributed by atoms with Gasteiger partial charge in [-0.1, -0.05) is 42.5 Å². The van der Waals surface area contributed by atoms with E-state index in [4.69, 9.17) is 4.74 Å². The molecule has 1 unspecified atom stereocenters. The molecule has 3 rings (SSSR count). The van der Waals surface area contributed by atoms with Crippen LogP contribution in [0.5, 0.6) is 0 Å². The second-order valence-electron chi connectivity index (χ2n) is 6.99. The highest BCUT2D eigenvalue weighted by Crippen LogP contribution is 2.29. The van der Waals surface area contributed by atoms with E-state index in [0.717, 1.165) is 22.4 Å². The highest BCUT2D eigenvalue weighted by molar-refractivity contribution is 6.01. The first kappa shape index (κ1) is 19.6. The molecule has 6 heteroatoms. The van der Waals surface area contributed by atoms with Crippen molar-refractivity contribution in [1.82, 2.24) is 5.32 Å². The Morgan fingerprint density at radius 3 is 2.61 bits per heavy atom. The normalized spacial score (nSPS) is 16.1. The van der Waals surface area contributed by atoms with E-state index >= 15 is 0 Å². The Balaban J connectivity index is 1.50. The van der Waals surface area contributed by atoms with Gasteiger partial charge in [-0.3, -0.25) is 14.4 Å². The highest BCUT2D eigenvalue weighted by atomic mass is 16.5. The van der Waals surface area contributed by atoms with Gasteiger partial charge in [0.25, 0.3) is 0 Å². The van der Waals surface area contributed by atoms with E-state index < -0.39 is 11.9 Å².